The number of methoxy groups -OCH3 is 1. The van der Waals surface area contributed by atoms with Crippen molar-refractivity contribution in [3.05, 3.63) is 65.2 Å². The molecule has 0 bridgehead atoms. The van der Waals surface area contributed by atoms with Crippen molar-refractivity contribution in [2.75, 3.05) is 13.7 Å². The Bertz CT molecular complexity index is 1050. The lowest BCUT2D eigenvalue weighted by Crippen LogP contribution is -2.58. The summed E-state index contributed by atoms with van der Waals surface area (Å²) in [5.41, 5.74) is 9.70. The van der Waals surface area contributed by atoms with Gasteiger partial charge in [-0.15, -0.1) is 0 Å². The smallest absolute Gasteiger partial charge is 0.243 e. The quantitative estimate of drug-likeness (QED) is 0.569. The molecule has 2 aromatic rings. The SMILES string of the molecule is COc1cccc(CN(Cc2ccc(C)cc2)C2CCN(C(C)=O)[C@@H](C(=O)NC3CCC(N)CC3)C2)c1. The largest absolute Gasteiger partial charge is 0.497 e. The van der Waals surface area contributed by atoms with Gasteiger partial charge in [0.25, 0.3) is 0 Å². The molecule has 1 aliphatic heterocycles. The molecule has 1 heterocycles. The Hall–Kier alpha value is -2.90. The van der Waals surface area contributed by atoms with E-state index in [-0.39, 0.29) is 29.9 Å². The number of rotatable bonds is 8. The maximum atomic E-state index is 13.5. The second-order valence-corrected chi connectivity index (χ2v) is 10.8. The number of hydrogen-bond acceptors (Lipinski definition) is 5. The van der Waals surface area contributed by atoms with Gasteiger partial charge in [-0.2, -0.15) is 0 Å². The number of likely N-dealkylation sites (tertiary alicyclic amines) is 1. The van der Waals surface area contributed by atoms with E-state index in [4.69, 9.17) is 10.5 Å². The van der Waals surface area contributed by atoms with Crippen molar-refractivity contribution < 1.29 is 14.3 Å². The number of nitrogens with zero attached hydrogens (tertiary/aromatic N) is 2. The molecular weight excluding hydrogens is 464 g/mol. The fraction of sp³-hybridized carbons (Fsp3) is 0.533. The van der Waals surface area contributed by atoms with E-state index in [1.54, 1.807) is 18.9 Å². The van der Waals surface area contributed by atoms with Gasteiger partial charge in [-0.3, -0.25) is 14.5 Å². The van der Waals surface area contributed by atoms with Gasteiger partial charge < -0.3 is 20.7 Å². The first kappa shape index (κ1) is 27.1. The Morgan fingerprint density at radius 3 is 2.41 bits per heavy atom. The molecule has 0 aromatic heterocycles. The standard InChI is InChI=1S/C30H42N4O3/c1-21-7-9-23(10-8-21)19-33(20-24-5-4-6-28(17-24)37-3)27-15-16-34(22(2)35)29(18-27)30(36)32-26-13-11-25(31)12-14-26/h4-10,17,25-27,29H,11-16,18-20,31H2,1-3H3,(H,32,36)/t25?,26?,27?,29-/m1/s1. The second-order valence-electron chi connectivity index (χ2n) is 10.8. The summed E-state index contributed by atoms with van der Waals surface area (Å²) in [7, 11) is 1.68. The van der Waals surface area contributed by atoms with Crippen LogP contribution in [0, 0.1) is 6.92 Å². The van der Waals surface area contributed by atoms with Gasteiger partial charge in [-0.05, 0) is 68.7 Å². The Morgan fingerprint density at radius 2 is 1.73 bits per heavy atom. The fourth-order valence-corrected chi connectivity index (χ4v) is 5.71. The summed E-state index contributed by atoms with van der Waals surface area (Å²) < 4.78 is 5.46. The molecular formula is C30H42N4O3. The van der Waals surface area contributed by atoms with Gasteiger partial charge in [0.2, 0.25) is 11.8 Å². The van der Waals surface area contributed by atoms with Gasteiger partial charge >= 0.3 is 0 Å². The highest BCUT2D eigenvalue weighted by molar-refractivity contribution is 5.87. The van der Waals surface area contributed by atoms with Crippen LogP contribution in [0.5, 0.6) is 5.75 Å². The molecule has 3 N–H and O–H groups in total. The van der Waals surface area contributed by atoms with Gasteiger partial charge in [0, 0.05) is 44.7 Å². The molecule has 2 fully saturated rings. The molecule has 1 saturated heterocycles. The molecule has 2 amide bonds. The van der Waals surface area contributed by atoms with Crippen LogP contribution in [-0.4, -0.2) is 59.4 Å². The van der Waals surface area contributed by atoms with Gasteiger partial charge in [-0.25, -0.2) is 0 Å². The highest BCUT2D eigenvalue weighted by Gasteiger charge is 2.38. The molecule has 7 nitrogen and oxygen atoms in total. The predicted octanol–water partition coefficient (Wildman–Crippen LogP) is 3.77. The maximum Gasteiger partial charge on any atom is 0.243 e. The van der Waals surface area contributed by atoms with E-state index in [2.05, 4.69) is 53.5 Å². The lowest BCUT2D eigenvalue weighted by atomic mass is 9.90. The van der Waals surface area contributed by atoms with Gasteiger partial charge in [0.15, 0.2) is 0 Å². The molecule has 2 aromatic carbocycles. The number of amides is 2. The summed E-state index contributed by atoms with van der Waals surface area (Å²) in [5, 5.41) is 3.25. The average molecular weight is 507 g/mol. The van der Waals surface area contributed by atoms with Crippen LogP contribution < -0.4 is 15.8 Å². The van der Waals surface area contributed by atoms with Crippen LogP contribution >= 0.6 is 0 Å². The number of ether oxygens (including phenoxy) is 1. The molecule has 2 atom stereocenters. The summed E-state index contributed by atoms with van der Waals surface area (Å²) in [6.07, 6.45) is 5.11. The number of carbonyl (C=O) groups is 2. The van der Waals surface area contributed by atoms with E-state index < -0.39 is 6.04 Å². The van der Waals surface area contributed by atoms with E-state index in [1.165, 1.54) is 16.7 Å². The molecule has 2 aliphatic rings. The molecule has 4 rings (SSSR count). The minimum atomic E-state index is -0.460. The molecule has 1 saturated carbocycles. The van der Waals surface area contributed by atoms with Crippen molar-refractivity contribution in [3.63, 3.8) is 0 Å². The van der Waals surface area contributed by atoms with E-state index in [9.17, 15) is 9.59 Å². The lowest BCUT2D eigenvalue weighted by Gasteiger charge is -2.43. The number of carbonyl (C=O) groups excluding carboxylic acids is 2. The van der Waals surface area contributed by atoms with Crippen molar-refractivity contribution in [3.8, 4) is 5.75 Å². The van der Waals surface area contributed by atoms with Crippen LogP contribution in [0.2, 0.25) is 0 Å². The van der Waals surface area contributed by atoms with E-state index in [1.807, 2.05) is 12.1 Å². The fourth-order valence-electron chi connectivity index (χ4n) is 5.71. The third-order valence-electron chi connectivity index (χ3n) is 7.94. The Balaban J connectivity index is 1.53. The van der Waals surface area contributed by atoms with Crippen molar-refractivity contribution in [2.24, 2.45) is 5.73 Å². The summed E-state index contributed by atoms with van der Waals surface area (Å²) in [5.74, 6) is 0.767. The normalized spacial score (nSPS) is 24.1. The Labute approximate surface area is 221 Å². The molecule has 7 heteroatoms. The van der Waals surface area contributed by atoms with Crippen LogP contribution in [0.4, 0.5) is 0 Å². The number of piperidine rings is 1. The molecule has 200 valence electrons. The zero-order chi connectivity index (χ0) is 26.4. The maximum absolute atomic E-state index is 13.5. The molecule has 0 radical (unpaired) electrons. The lowest BCUT2D eigenvalue weighted by molar-refractivity contribution is -0.142. The Morgan fingerprint density at radius 1 is 1.03 bits per heavy atom. The predicted molar refractivity (Wildman–Crippen MR) is 146 cm³/mol. The number of aryl methyl sites for hydroxylation is 1. The first-order chi connectivity index (χ1) is 17.8. The summed E-state index contributed by atoms with van der Waals surface area (Å²) in [6, 6.07) is 16.9. The van der Waals surface area contributed by atoms with Crippen molar-refractivity contribution in [2.45, 2.75) is 89.6 Å². The number of hydrogen-bond donors (Lipinski definition) is 2. The van der Waals surface area contributed by atoms with Crippen LogP contribution in [0.1, 0.15) is 62.1 Å². The molecule has 37 heavy (non-hydrogen) atoms. The zero-order valence-corrected chi connectivity index (χ0v) is 22.5. The van der Waals surface area contributed by atoms with Crippen LogP contribution in [0.25, 0.3) is 0 Å². The number of nitrogens with two attached hydrogens (primary N) is 1. The summed E-state index contributed by atoms with van der Waals surface area (Å²) in [6.45, 7) is 5.76. The number of nitrogens with one attached hydrogen (secondary N) is 1. The molecule has 1 aliphatic carbocycles. The summed E-state index contributed by atoms with van der Waals surface area (Å²) >= 11 is 0. The first-order valence-electron chi connectivity index (χ1n) is 13.6. The average Bonchev–Trinajstić information content (AvgIpc) is 2.90. The highest BCUT2D eigenvalue weighted by atomic mass is 16.5. The monoisotopic (exact) mass is 506 g/mol. The van der Waals surface area contributed by atoms with Crippen LogP contribution in [0.3, 0.4) is 0 Å². The molecule has 1 unspecified atom stereocenters. The minimum absolute atomic E-state index is 0.0305. The first-order valence-corrected chi connectivity index (χ1v) is 13.6. The Kier molecular flexibility index (Phi) is 9.22. The summed E-state index contributed by atoms with van der Waals surface area (Å²) in [4.78, 5) is 30.2. The van der Waals surface area contributed by atoms with E-state index >= 15 is 0 Å². The van der Waals surface area contributed by atoms with Crippen molar-refractivity contribution in [1.29, 1.82) is 0 Å². The van der Waals surface area contributed by atoms with Crippen molar-refractivity contribution in [1.82, 2.24) is 15.1 Å². The zero-order valence-electron chi connectivity index (χ0n) is 22.5. The highest BCUT2D eigenvalue weighted by Crippen LogP contribution is 2.27. The van der Waals surface area contributed by atoms with Crippen molar-refractivity contribution >= 4 is 11.8 Å². The van der Waals surface area contributed by atoms with Crippen LogP contribution in [0.15, 0.2) is 48.5 Å². The van der Waals surface area contributed by atoms with E-state index in [0.29, 0.717) is 13.0 Å². The van der Waals surface area contributed by atoms with E-state index in [0.717, 1.165) is 50.9 Å². The number of benzene rings is 2. The van der Waals surface area contributed by atoms with Gasteiger partial charge in [0.05, 0.1) is 7.11 Å². The third kappa shape index (κ3) is 7.33. The van der Waals surface area contributed by atoms with Gasteiger partial charge in [0.1, 0.15) is 11.8 Å². The minimum Gasteiger partial charge on any atom is -0.497 e. The molecule has 0 spiro atoms. The topological polar surface area (TPSA) is 87.9 Å². The second kappa shape index (κ2) is 12.6. The third-order valence-corrected chi connectivity index (χ3v) is 7.94. The van der Waals surface area contributed by atoms with Gasteiger partial charge in [-0.1, -0.05) is 42.0 Å². The van der Waals surface area contributed by atoms with Crippen LogP contribution in [-0.2, 0) is 22.7 Å².